The van der Waals surface area contributed by atoms with E-state index in [1.807, 2.05) is 0 Å². The summed E-state index contributed by atoms with van der Waals surface area (Å²) in [6, 6.07) is 0. The lowest BCUT2D eigenvalue weighted by molar-refractivity contribution is -0.273. The van der Waals surface area contributed by atoms with E-state index >= 15 is 0 Å². The van der Waals surface area contributed by atoms with E-state index in [-0.39, 0.29) is 18.8 Å². The van der Waals surface area contributed by atoms with E-state index in [1.54, 1.807) is 6.92 Å². The minimum Gasteiger partial charge on any atom is -0.466 e. The predicted octanol–water partition coefficient (Wildman–Crippen LogP) is 1.64. The lowest BCUT2D eigenvalue weighted by atomic mass is 9.98. The molecule has 0 heterocycles. The highest BCUT2D eigenvalue weighted by molar-refractivity contribution is 5.91. The third-order valence-electron chi connectivity index (χ3n) is 3.14. The second-order valence-corrected chi connectivity index (χ2v) is 5.56. The first kappa shape index (κ1) is 28.2. The van der Waals surface area contributed by atoms with Gasteiger partial charge >= 0.3 is 41.8 Å². The first-order chi connectivity index (χ1) is 14.1. The molecule has 0 bridgehead atoms. The Hall–Kier alpha value is -2.84. The topological polar surface area (TPSA) is 114 Å². The van der Waals surface area contributed by atoms with Gasteiger partial charge in [0.15, 0.2) is 13.2 Å². The molecule has 1 unspecified atom stereocenters. The summed E-state index contributed by atoms with van der Waals surface area (Å²) in [5.74, 6) is -7.71. The molecule has 0 saturated heterocycles. The van der Waals surface area contributed by atoms with Crippen molar-refractivity contribution in [2.75, 3.05) is 33.5 Å². The third-order valence-corrected chi connectivity index (χ3v) is 3.14. The van der Waals surface area contributed by atoms with Crippen LogP contribution < -0.4 is 0 Å². The molecule has 0 aromatic carbocycles. The number of ether oxygens (including phenoxy) is 5. The van der Waals surface area contributed by atoms with E-state index < -0.39 is 61.5 Å². The number of hydrogen-bond donors (Lipinski definition) is 0. The monoisotopic (exact) mass is 468 g/mol. The molecule has 15 heteroatoms. The van der Waals surface area contributed by atoms with Gasteiger partial charge in [-0.1, -0.05) is 6.58 Å². The maximum atomic E-state index is 13.5. The molecule has 0 aliphatic carbocycles. The van der Waals surface area contributed by atoms with E-state index in [0.717, 1.165) is 0 Å². The van der Waals surface area contributed by atoms with Crippen molar-refractivity contribution in [1.82, 2.24) is 0 Å². The fourth-order valence-corrected chi connectivity index (χ4v) is 1.74. The van der Waals surface area contributed by atoms with Gasteiger partial charge in [0.2, 0.25) is 0 Å². The Kier molecular flexibility index (Phi) is 10.5. The number of hydrogen-bond acceptors (Lipinski definition) is 9. The van der Waals surface area contributed by atoms with Crippen molar-refractivity contribution in [3.05, 3.63) is 12.2 Å². The molecule has 0 fully saturated rings. The average Bonchev–Trinajstić information content (AvgIpc) is 2.65. The maximum Gasteiger partial charge on any atom is 0.440 e. The normalized spacial score (nSPS) is 13.5. The zero-order valence-corrected chi connectivity index (χ0v) is 16.2. The van der Waals surface area contributed by atoms with Crippen LogP contribution in [0.2, 0.25) is 0 Å². The van der Waals surface area contributed by atoms with Gasteiger partial charge in [-0.2, -0.15) is 26.3 Å². The number of carbonyl (C=O) groups is 4. The summed E-state index contributed by atoms with van der Waals surface area (Å²) in [4.78, 5) is 46.5. The lowest BCUT2D eigenvalue weighted by Crippen LogP contribution is -2.57. The Balaban J connectivity index is 5.45. The molecular weight excluding hydrogens is 450 g/mol. The molecule has 0 amide bonds. The molecule has 9 nitrogen and oxygen atoms in total. The van der Waals surface area contributed by atoms with Crippen molar-refractivity contribution in [2.24, 2.45) is 0 Å². The molecule has 1 atom stereocenters. The summed E-state index contributed by atoms with van der Waals surface area (Å²) in [5.41, 5.74) is -4.66. The van der Waals surface area contributed by atoms with E-state index in [4.69, 9.17) is 4.74 Å². The van der Waals surface area contributed by atoms with Crippen molar-refractivity contribution in [3.8, 4) is 0 Å². The van der Waals surface area contributed by atoms with Gasteiger partial charge in [0, 0.05) is 6.61 Å². The second kappa shape index (κ2) is 11.5. The molecule has 31 heavy (non-hydrogen) atoms. The highest BCUT2D eigenvalue weighted by atomic mass is 19.4. The summed E-state index contributed by atoms with van der Waals surface area (Å²) in [5, 5.41) is 0. The molecule has 0 radical (unpaired) electrons. The number of rotatable bonds is 11. The van der Waals surface area contributed by atoms with Crippen molar-refractivity contribution in [3.63, 3.8) is 0 Å². The van der Waals surface area contributed by atoms with E-state index in [1.165, 1.54) is 0 Å². The van der Waals surface area contributed by atoms with Gasteiger partial charge in [-0.15, -0.1) is 0 Å². The Labute approximate surface area is 171 Å². The number of alkyl halides is 6. The zero-order chi connectivity index (χ0) is 24.5. The molecule has 0 aromatic rings. The van der Waals surface area contributed by atoms with Gasteiger partial charge in [0.25, 0.3) is 0 Å². The molecule has 0 spiro atoms. The van der Waals surface area contributed by atoms with Gasteiger partial charge in [-0.25, -0.2) is 14.4 Å². The van der Waals surface area contributed by atoms with Crippen molar-refractivity contribution in [2.45, 2.75) is 31.3 Å². The van der Waals surface area contributed by atoms with Crippen LogP contribution in [0.15, 0.2) is 12.2 Å². The largest absolute Gasteiger partial charge is 0.466 e. The Bertz CT molecular complexity index is 686. The predicted molar refractivity (Wildman–Crippen MR) is 85.1 cm³/mol. The number of halogens is 6. The molecule has 0 N–H and O–H groups in total. The van der Waals surface area contributed by atoms with E-state index in [2.05, 4.69) is 25.5 Å². The van der Waals surface area contributed by atoms with Crippen LogP contribution in [-0.4, -0.2) is 75.4 Å². The van der Waals surface area contributed by atoms with Crippen LogP contribution in [0.3, 0.4) is 0 Å². The molecule has 0 rings (SSSR count). The van der Waals surface area contributed by atoms with E-state index in [0.29, 0.717) is 7.11 Å². The summed E-state index contributed by atoms with van der Waals surface area (Å²) in [6.07, 6.45) is -13.1. The molecule has 0 saturated carbocycles. The van der Waals surface area contributed by atoms with Gasteiger partial charge in [0.05, 0.1) is 19.3 Å². The molecule has 0 aliphatic rings. The first-order valence-corrected chi connectivity index (χ1v) is 8.11. The SMILES string of the molecule is C=C(COCC)C(=O)OCC(=O)OC(CC(=O)OCC(F)(F)F)(C(=O)OC)C(F)(F)F. The minimum absolute atomic E-state index is 0.187. The van der Waals surface area contributed by atoms with Crippen LogP contribution in [0.5, 0.6) is 0 Å². The second-order valence-electron chi connectivity index (χ2n) is 5.56. The smallest absolute Gasteiger partial charge is 0.440 e. The fraction of sp³-hybridized carbons (Fsp3) is 0.625. The first-order valence-electron chi connectivity index (χ1n) is 8.11. The molecule has 0 aliphatic heterocycles. The minimum atomic E-state index is -5.82. The Morgan fingerprint density at radius 3 is 1.94 bits per heavy atom. The maximum absolute atomic E-state index is 13.5. The van der Waals surface area contributed by atoms with Crippen molar-refractivity contribution < 1.29 is 69.2 Å². The van der Waals surface area contributed by atoms with Crippen LogP contribution >= 0.6 is 0 Å². The molecular formula is C16H18F6O9. The average molecular weight is 468 g/mol. The Morgan fingerprint density at radius 2 is 1.48 bits per heavy atom. The third kappa shape index (κ3) is 9.23. The van der Waals surface area contributed by atoms with Crippen LogP contribution in [0, 0.1) is 0 Å². The van der Waals surface area contributed by atoms with Gasteiger partial charge in [-0.3, -0.25) is 4.79 Å². The molecule has 178 valence electrons. The lowest BCUT2D eigenvalue weighted by Gasteiger charge is -2.31. The highest BCUT2D eigenvalue weighted by Gasteiger charge is 2.66. The van der Waals surface area contributed by atoms with Gasteiger partial charge < -0.3 is 23.7 Å². The van der Waals surface area contributed by atoms with Crippen LogP contribution in [0.1, 0.15) is 13.3 Å². The van der Waals surface area contributed by atoms with Crippen LogP contribution in [-0.2, 0) is 42.9 Å². The quantitative estimate of drug-likeness (QED) is 0.193. The Morgan fingerprint density at radius 1 is 0.903 bits per heavy atom. The fourth-order valence-electron chi connectivity index (χ4n) is 1.74. The standard InChI is InChI=1S/C16H18F6O9/c1-4-28-6-9(2)12(25)29-7-11(24)31-14(13(26)27-3,16(20,21)22)5-10(23)30-8-15(17,18)19/h2,4-8H2,1,3H3. The van der Waals surface area contributed by atoms with E-state index in [9.17, 15) is 45.5 Å². The summed E-state index contributed by atoms with van der Waals surface area (Å²) < 4.78 is 97.6. The summed E-state index contributed by atoms with van der Waals surface area (Å²) in [6.45, 7) is 0.982. The van der Waals surface area contributed by atoms with Crippen molar-refractivity contribution >= 4 is 23.9 Å². The highest BCUT2D eigenvalue weighted by Crippen LogP contribution is 2.38. The number of methoxy groups -OCH3 is 1. The van der Waals surface area contributed by atoms with Gasteiger partial charge in [-0.05, 0) is 6.92 Å². The number of esters is 4. The number of carbonyl (C=O) groups excluding carboxylic acids is 4. The zero-order valence-electron chi connectivity index (χ0n) is 16.2. The summed E-state index contributed by atoms with van der Waals surface area (Å²) >= 11 is 0. The van der Waals surface area contributed by atoms with Crippen LogP contribution in [0.25, 0.3) is 0 Å². The summed E-state index contributed by atoms with van der Waals surface area (Å²) in [7, 11) is 0.440. The van der Waals surface area contributed by atoms with Gasteiger partial charge in [0.1, 0.15) is 6.42 Å². The van der Waals surface area contributed by atoms with Crippen LogP contribution in [0.4, 0.5) is 26.3 Å². The van der Waals surface area contributed by atoms with Crippen molar-refractivity contribution in [1.29, 1.82) is 0 Å². The molecule has 0 aromatic heterocycles.